The molecule has 110 valence electrons. The number of carbonyl (C=O) groups is 1. The van der Waals surface area contributed by atoms with Crippen LogP contribution in [0.15, 0.2) is 18.6 Å². The minimum absolute atomic E-state index is 0.122. The van der Waals surface area contributed by atoms with Gasteiger partial charge in [-0.1, -0.05) is 25.4 Å². The van der Waals surface area contributed by atoms with E-state index in [0.717, 1.165) is 5.69 Å². The van der Waals surface area contributed by atoms with Gasteiger partial charge in [-0.15, -0.1) is 0 Å². The second-order valence-corrected chi connectivity index (χ2v) is 5.32. The molecule has 2 aromatic rings. The van der Waals surface area contributed by atoms with E-state index in [2.05, 4.69) is 25.3 Å². The fraction of sp³-hybridized carbons (Fsp3) is 0.357. The Kier molecular flexibility index (Phi) is 4.80. The van der Waals surface area contributed by atoms with Crippen LogP contribution in [0.1, 0.15) is 47.5 Å². The van der Waals surface area contributed by atoms with Crippen LogP contribution in [-0.2, 0) is 6.54 Å². The molecule has 7 heteroatoms. The Balaban J connectivity index is 2.09. The Morgan fingerprint density at radius 3 is 2.62 bits per heavy atom. The Morgan fingerprint density at radius 1 is 1.24 bits per heavy atom. The Morgan fingerprint density at radius 2 is 2.00 bits per heavy atom. The first-order valence-electron chi connectivity index (χ1n) is 6.55. The number of nitrogens with zero attached hydrogens (tertiary/aromatic N) is 4. The van der Waals surface area contributed by atoms with Crippen molar-refractivity contribution < 1.29 is 4.79 Å². The van der Waals surface area contributed by atoms with Crippen molar-refractivity contribution >= 4 is 17.5 Å². The van der Waals surface area contributed by atoms with Gasteiger partial charge in [-0.25, -0.2) is 9.97 Å². The molecule has 0 fully saturated rings. The monoisotopic (exact) mass is 305 g/mol. The van der Waals surface area contributed by atoms with E-state index in [9.17, 15) is 4.79 Å². The lowest BCUT2D eigenvalue weighted by Gasteiger charge is -2.08. The van der Waals surface area contributed by atoms with Gasteiger partial charge in [-0.3, -0.25) is 14.8 Å². The van der Waals surface area contributed by atoms with Crippen LogP contribution in [0.2, 0.25) is 5.02 Å². The Hall–Kier alpha value is -2.08. The number of aromatic nitrogens is 4. The van der Waals surface area contributed by atoms with Crippen molar-refractivity contribution in [1.82, 2.24) is 25.3 Å². The maximum atomic E-state index is 12.1. The van der Waals surface area contributed by atoms with Gasteiger partial charge < -0.3 is 5.32 Å². The average Bonchev–Trinajstić information content (AvgIpc) is 2.46. The van der Waals surface area contributed by atoms with Gasteiger partial charge in [0.25, 0.3) is 5.91 Å². The highest BCUT2D eigenvalue weighted by atomic mass is 35.5. The van der Waals surface area contributed by atoms with Gasteiger partial charge in [-0.2, -0.15) is 0 Å². The van der Waals surface area contributed by atoms with Gasteiger partial charge in [0.15, 0.2) is 0 Å². The zero-order valence-corrected chi connectivity index (χ0v) is 12.8. The van der Waals surface area contributed by atoms with Crippen LogP contribution < -0.4 is 5.32 Å². The van der Waals surface area contributed by atoms with E-state index in [4.69, 9.17) is 11.6 Å². The first-order valence-corrected chi connectivity index (χ1v) is 6.93. The zero-order valence-electron chi connectivity index (χ0n) is 12.1. The highest BCUT2D eigenvalue weighted by molar-refractivity contribution is 6.33. The van der Waals surface area contributed by atoms with Gasteiger partial charge in [0.2, 0.25) is 0 Å². The Labute approximate surface area is 128 Å². The first-order chi connectivity index (χ1) is 9.97. The second kappa shape index (κ2) is 6.58. The number of halogens is 1. The molecule has 0 radical (unpaired) electrons. The lowest BCUT2D eigenvalue weighted by atomic mass is 10.2. The number of aryl methyl sites for hydroxylation is 1. The van der Waals surface area contributed by atoms with Crippen LogP contribution in [0.25, 0.3) is 0 Å². The molecule has 0 spiro atoms. The average molecular weight is 306 g/mol. The highest BCUT2D eigenvalue weighted by Gasteiger charge is 2.15. The first kappa shape index (κ1) is 15.3. The van der Waals surface area contributed by atoms with Crippen LogP contribution in [-0.4, -0.2) is 25.8 Å². The van der Waals surface area contributed by atoms with E-state index < -0.39 is 0 Å². The van der Waals surface area contributed by atoms with E-state index >= 15 is 0 Å². The molecule has 0 aliphatic rings. The molecule has 1 N–H and O–H groups in total. The number of amides is 1. The second-order valence-electron chi connectivity index (χ2n) is 4.91. The number of hydrogen-bond donors (Lipinski definition) is 1. The summed E-state index contributed by atoms with van der Waals surface area (Å²) in [5, 5.41) is 2.95. The summed E-state index contributed by atoms with van der Waals surface area (Å²) < 4.78 is 0. The van der Waals surface area contributed by atoms with E-state index in [1.165, 1.54) is 6.20 Å². The summed E-state index contributed by atoms with van der Waals surface area (Å²) in [6.07, 6.45) is 4.72. The quantitative estimate of drug-likeness (QED) is 0.937. The molecule has 0 aliphatic carbocycles. The molecular formula is C14H16ClN5O. The smallest absolute Gasteiger partial charge is 0.271 e. The topological polar surface area (TPSA) is 80.7 Å². The third-order valence-corrected chi connectivity index (χ3v) is 3.04. The van der Waals surface area contributed by atoms with Crippen molar-refractivity contribution in [3.63, 3.8) is 0 Å². The van der Waals surface area contributed by atoms with E-state index in [0.29, 0.717) is 11.5 Å². The highest BCUT2D eigenvalue weighted by Crippen LogP contribution is 2.16. The van der Waals surface area contributed by atoms with Crippen LogP contribution in [0.5, 0.6) is 0 Å². The summed E-state index contributed by atoms with van der Waals surface area (Å²) in [6.45, 7) is 6.02. The molecule has 0 atom stereocenters. The van der Waals surface area contributed by atoms with Crippen molar-refractivity contribution in [2.75, 3.05) is 0 Å². The molecule has 21 heavy (non-hydrogen) atoms. The van der Waals surface area contributed by atoms with Crippen LogP contribution in [0.3, 0.4) is 0 Å². The summed E-state index contributed by atoms with van der Waals surface area (Å²) in [6, 6.07) is 0. The lowest BCUT2D eigenvalue weighted by Crippen LogP contribution is -2.25. The molecule has 2 aromatic heterocycles. The summed E-state index contributed by atoms with van der Waals surface area (Å²) in [5.74, 6) is 0.350. The fourth-order valence-corrected chi connectivity index (χ4v) is 1.76. The lowest BCUT2D eigenvalue weighted by molar-refractivity contribution is 0.0945. The van der Waals surface area contributed by atoms with Gasteiger partial charge in [0, 0.05) is 12.1 Å². The summed E-state index contributed by atoms with van der Waals surface area (Å²) in [5.41, 5.74) is 1.67. The van der Waals surface area contributed by atoms with Gasteiger partial charge >= 0.3 is 0 Å². The van der Waals surface area contributed by atoms with Crippen molar-refractivity contribution in [1.29, 1.82) is 0 Å². The van der Waals surface area contributed by atoms with Crippen LogP contribution in [0.4, 0.5) is 0 Å². The third kappa shape index (κ3) is 3.95. The van der Waals surface area contributed by atoms with Crippen LogP contribution in [0, 0.1) is 6.92 Å². The minimum Gasteiger partial charge on any atom is -0.345 e. The predicted molar refractivity (Wildman–Crippen MR) is 79.1 cm³/mol. The number of nitrogens with one attached hydrogen (secondary N) is 1. The molecule has 2 heterocycles. The predicted octanol–water partition coefficient (Wildman–Crippen LogP) is 2.28. The molecule has 0 aromatic carbocycles. The molecule has 6 nitrogen and oxygen atoms in total. The van der Waals surface area contributed by atoms with Crippen molar-refractivity contribution in [2.45, 2.75) is 33.2 Å². The van der Waals surface area contributed by atoms with E-state index in [-0.39, 0.29) is 29.1 Å². The molecule has 0 saturated heterocycles. The number of carbonyl (C=O) groups excluding carboxylic acids is 1. The van der Waals surface area contributed by atoms with Gasteiger partial charge in [-0.05, 0) is 6.92 Å². The molecular weight excluding hydrogens is 290 g/mol. The largest absolute Gasteiger partial charge is 0.345 e. The molecule has 2 rings (SSSR count). The summed E-state index contributed by atoms with van der Waals surface area (Å²) in [4.78, 5) is 28.7. The standard InChI is InChI=1S/C14H16ClN5O/c1-8(2)13-18-7-11(15)12(20-13)14(21)19-6-10-5-16-9(3)4-17-10/h4-5,7-8H,6H2,1-3H3,(H,19,21). The molecule has 1 amide bonds. The third-order valence-electron chi connectivity index (χ3n) is 2.76. The molecule has 0 unspecified atom stereocenters. The maximum Gasteiger partial charge on any atom is 0.271 e. The normalized spacial score (nSPS) is 10.7. The summed E-state index contributed by atoms with van der Waals surface area (Å²) in [7, 11) is 0. The maximum absolute atomic E-state index is 12.1. The van der Waals surface area contributed by atoms with Crippen molar-refractivity contribution in [2.24, 2.45) is 0 Å². The molecule has 0 aliphatic heterocycles. The van der Waals surface area contributed by atoms with E-state index in [1.807, 2.05) is 20.8 Å². The minimum atomic E-state index is -0.355. The van der Waals surface area contributed by atoms with Gasteiger partial charge in [0.1, 0.15) is 11.5 Å². The number of hydrogen-bond acceptors (Lipinski definition) is 5. The van der Waals surface area contributed by atoms with Crippen LogP contribution >= 0.6 is 11.6 Å². The Bertz CT molecular complexity index is 642. The number of rotatable bonds is 4. The SMILES string of the molecule is Cc1cnc(CNC(=O)c2nc(C(C)C)ncc2Cl)cn1. The van der Waals surface area contributed by atoms with Gasteiger partial charge in [0.05, 0.1) is 35.3 Å². The molecule has 0 saturated carbocycles. The summed E-state index contributed by atoms with van der Waals surface area (Å²) >= 11 is 5.98. The van der Waals surface area contributed by atoms with E-state index in [1.54, 1.807) is 12.4 Å². The van der Waals surface area contributed by atoms with Crippen molar-refractivity contribution in [3.05, 3.63) is 46.5 Å². The van der Waals surface area contributed by atoms with Crippen molar-refractivity contribution in [3.8, 4) is 0 Å². The fourth-order valence-electron chi connectivity index (χ4n) is 1.58. The zero-order chi connectivity index (χ0) is 15.4. The molecule has 0 bridgehead atoms.